The lowest BCUT2D eigenvalue weighted by Crippen LogP contribution is -2.44. The maximum Gasteiger partial charge on any atom is 0.262 e. The van der Waals surface area contributed by atoms with Crippen molar-refractivity contribution in [1.82, 2.24) is 14.5 Å². The van der Waals surface area contributed by atoms with Gasteiger partial charge in [-0.15, -0.1) is 11.6 Å². The molecule has 0 aromatic carbocycles. The van der Waals surface area contributed by atoms with E-state index in [4.69, 9.17) is 11.6 Å². The predicted molar refractivity (Wildman–Crippen MR) is 74.6 cm³/mol. The summed E-state index contributed by atoms with van der Waals surface area (Å²) in [4.78, 5) is 0. The second-order valence-corrected chi connectivity index (χ2v) is 7.43. The molecule has 2 unspecified atom stereocenters. The van der Waals surface area contributed by atoms with Gasteiger partial charge < -0.3 is 0 Å². The molecule has 0 radical (unpaired) electrons. The number of piperidine rings is 1. The number of rotatable bonds is 3. The Bertz CT molecular complexity index is 555. The third-order valence-corrected chi connectivity index (χ3v) is 6.05. The fourth-order valence-electron chi connectivity index (χ4n) is 2.65. The van der Waals surface area contributed by atoms with Gasteiger partial charge in [0.15, 0.2) is 5.03 Å². The topological polar surface area (TPSA) is 66.1 Å². The van der Waals surface area contributed by atoms with Gasteiger partial charge in [0.2, 0.25) is 0 Å². The first kappa shape index (κ1) is 14.8. The van der Waals surface area contributed by atoms with Crippen LogP contribution in [0.5, 0.6) is 0 Å². The second-order valence-electron chi connectivity index (χ2n) is 5.36. The molecule has 1 aliphatic rings. The molecule has 0 aliphatic carbocycles. The Labute approximate surface area is 119 Å². The molecule has 0 saturated carbocycles. The van der Waals surface area contributed by atoms with Crippen LogP contribution in [0.3, 0.4) is 0 Å². The number of aromatic amines is 1. The zero-order valence-electron chi connectivity index (χ0n) is 11.5. The van der Waals surface area contributed by atoms with Gasteiger partial charge in [0.25, 0.3) is 10.0 Å². The molecular weight excluding hydrogens is 286 g/mol. The molecule has 2 rings (SSSR count). The van der Waals surface area contributed by atoms with Crippen molar-refractivity contribution >= 4 is 21.6 Å². The average molecular weight is 306 g/mol. The van der Waals surface area contributed by atoms with Crippen molar-refractivity contribution < 1.29 is 8.42 Å². The smallest absolute Gasteiger partial charge is 0.262 e. The minimum Gasteiger partial charge on any atom is -0.281 e. The number of hydrogen-bond donors (Lipinski definition) is 1. The molecule has 2 atom stereocenters. The van der Waals surface area contributed by atoms with E-state index in [0.717, 1.165) is 12.8 Å². The van der Waals surface area contributed by atoms with Gasteiger partial charge in [0.05, 0.1) is 5.88 Å². The Hall–Kier alpha value is -0.590. The lowest BCUT2D eigenvalue weighted by atomic mass is 9.95. The molecule has 0 bridgehead atoms. The van der Waals surface area contributed by atoms with E-state index in [2.05, 4.69) is 17.1 Å². The van der Waals surface area contributed by atoms with Crippen LogP contribution in [-0.4, -0.2) is 35.5 Å². The molecule has 0 amide bonds. The number of nitrogens with zero attached hydrogens (tertiary/aromatic N) is 2. The van der Waals surface area contributed by atoms with Crippen LogP contribution in [0.1, 0.15) is 37.9 Å². The number of aryl methyl sites for hydroxylation is 1. The molecule has 1 saturated heterocycles. The van der Waals surface area contributed by atoms with Crippen molar-refractivity contribution in [3.8, 4) is 0 Å². The minimum absolute atomic E-state index is 0.00827. The maximum atomic E-state index is 12.7. The number of halogens is 1. The van der Waals surface area contributed by atoms with Gasteiger partial charge >= 0.3 is 0 Å². The molecule has 108 valence electrons. The number of H-pyrrole nitrogens is 1. The Kier molecular flexibility index (Phi) is 4.23. The second kappa shape index (κ2) is 5.42. The van der Waals surface area contributed by atoms with E-state index in [1.165, 1.54) is 0 Å². The third-order valence-electron chi connectivity index (χ3n) is 3.80. The quantitative estimate of drug-likeness (QED) is 0.871. The zero-order valence-corrected chi connectivity index (χ0v) is 13.1. The molecule has 2 heterocycles. The number of alkyl halides is 1. The molecule has 1 N–H and O–H groups in total. The van der Waals surface area contributed by atoms with E-state index in [1.54, 1.807) is 11.2 Å². The normalized spacial score (nSPS) is 25.7. The highest BCUT2D eigenvalue weighted by molar-refractivity contribution is 7.89. The average Bonchev–Trinajstić information content (AvgIpc) is 2.70. The summed E-state index contributed by atoms with van der Waals surface area (Å²) in [5, 5.41) is 6.75. The standard InChI is InChI=1S/C12H20ClN3O2S/c1-8-4-5-16(9(2)6-8)19(17,18)12-11(7-13)10(3)14-15-12/h8-9H,4-7H2,1-3H3,(H,14,15). The first-order valence-electron chi connectivity index (χ1n) is 6.49. The van der Waals surface area contributed by atoms with Crippen molar-refractivity contribution in [3.05, 3.63) is 11.3 Å². The summed E-state index contributed by atoms with van der Waals surface area (Å²) >= 11 is 5.84. The Morgan fingerprint density at radius 2 is 2.16 bits per heavy atom. The summed E-state index contributed by atoms with van der Waals surface area (Å²) < 4.78 is 26.9. The summed E-state index contributed by atoms with van der Waals surface area (Å²) in [5.41, 5.74) is 1.29. The van der Waals surface area contributed by atoms with Gasteiger partial charge in [0, 0.05) is 23.8 Å². The van der Waals surface area contributed by atoms with Gasteiger partial charge in [-0.1, -0.05) is 6.92 Å². The van der Waals surface area contributed by atoms with Gasteiger partial charge in [-0.25, -0.2) is 8.42 Å². The Balaban J connectivity index is 2.37. The highest BCUT2D eigenvalue weighted by Gasteiger charge is 2.36. The van der Waals surface area contributed by atoms with Crippen LogP contribution in [0, 0.1) is 12.8 Å². The van der Waals surface area contributed by atoms with Crippen LogP contribution in [0.15, 0.2) is 5.03 Å². The molecular formula is C12H20ClN3O2S. The lowest BCUT2D eigenvalue weighted by molar-refractivity contribution is 0.219. The molecule has 7 heteroatoms. The van der Waals surface area contributed by atoms with Crippen LogP contribution in [0.25, 0.3) is 0 Å². The van der Waals surface area contributed by atoms with Gasteiger partial charge in [-0.3, -0.25) is 5.10 Å². The first-order valence-corrected chi connectivity index (χ1v) is 8.47. The lowest BCUT2D eigenvalue weighted by Gasteiger charge is -2.35. The Morgan fingerprint density at radius 1 is 1.47 bits per heavy atom. The van der Waals surface area contributed by atoms with Crippen molar-refractivity contribution in [2.45, 2.75) is 50.6 Å². The first-order chi connectivity index (χ1) is 8.87. The van der Waals surface area contributed by atoms with E-state index in [-0.39, 0.29) is 16.9 Å². The monoisotopic (exact) mass is 305 g/mol. The van der Waals surface area contributed by atoms with Crippen LogP contribution in [0.4, 0.5) is 0 Å². The van der Waals surface area contributed by atoms with E-state index < -0.39 is 10.0 Å². The maximum absolute atomic E-state index is 12.7. The summed E-state index contributed by atoms with van der Waals surface area (Å²) in [7, 11) is -3.55. The third kappa shape index (κ3) is 2.66. The van der Waals surface area contributed by atoms with E-state index in [0.29, 0.717) is 23.7 Å². The molecule has 1 aromatic heterocycles. The SMILES string of the molecule is Cc1[nH]nc(S(=O)(=O)N2CCC(C)CC2C)c1CCl. The highest BCUT2D eigenvalue weighted by atomic mass is 35.5. The molecule has 19 heavy (non-hydrogen) atoms. The molecule has 5 nitrogen and oxygen atoms in total. The molecule has 0 spiro atoms. The van der Waals surface area contributed by atoms with Gasteiger partial charge in [-0.2, -0.15) is 9.40 Å². The van der Waals surface area contributed by atoms with Crippen LogP contribution >= 0.6 is 11.6 Å². The predicted octanol–water partition coefficient (Wildman–Crippen LogP) is 2.27. The number of aromatic nitrogens is 2. The van der Waals surface area contributed by atoms with Crippen LogP contribution in [0.2, 0.25) is 0 Å². The minimum atomic E-state index is -3.55. The van der Waals surface area contributed by atoms with E-state index in [1.807, 2.05) is 6.92 Å². The molecule has 1 aliphatic heterocycles. The zero-order chi connectivity index (χ0) is 14.2. The van der Waals surface area contributed by atoms with Crippen molar-refractivity contribution in [2.24, 2.45) is 5.92 Å². The molecule has 1 aromatic rings. The molecule has 1 fully saturated rings. The van der Waals surface area contributed by atoms with Crippen molar-refractivity contribution in [2.75, 3.05) is 6.54 Å². The number of nitrogens with one attached hydrogen (secondary N) is 1. The number of hydrogen-bond acceptors (Lipinski definition) is 3. The summed E-state index contributed by atoms with van der Waals surface area (Å²) in [5.74, 6) is 0.713. The van der Waals surface area contributed by atoms with Crippen molar-refractivity contribution in [1.29, 1.82) is 0 Å². The summed E-state index contributed by atoms with van der Waals surface area (Å²) in [6.07, 6.45) is 1.78. The van der Waals surface area contributed by atoms with Crippen molar-refractivity contribution in [3.63, 3.8) is 0 Å². The fraction of sp³-hybridized carbons (Fsp3) is 0.750. The Morgan fingerprint density at radius 3 is 2.74 bits per heavy atom. The fourth-order valence-corrected chi connectivity index (χ4v) is 4.89. The number of sulfonamides is 1. The van der Waals surface area contributed by atoms with E-state index >= 15 is 0 Å². The summed E-state index contributed by atoms with van der Waals surface area (Å²) in [6, 6.07) is 0.00827. The van der Waals surface area contributed by atoms with Gasteiger partial charge in [-0.05, 0) is 32.6 Å². The van der Waals surface area contributed by atoms with Crippen LogP contribution in [-0.2, 0) is 15.9 Å². The van der Waals surface area contributed by atoms with E-state index in [9.17, 15) is 8.42 Å². The van der Waals surface area contributed by atoms with Gasteiger partial charge in [0.1, 0.15) is 0 Å². The summed E-state index contributed by atoms with van der Waals surface area (Å²) in [6.45, 7) is 6.44. The highest BCUT2D eigenvalue weighted by Crippen LogP contribution is 2.29. The van der Waals surface area contributed by atoms with Crippen LogP contribution < -0.4 is 0 Å². The largest absolute Gasteiger partial charge is 0.281 e.